The van der Waals surface area contributed by atoms with Crippen LogP contribution in [0.4, 0.5) is 9.18 Å². The Hall–Kier alpha value is -3.03. The van der Waals surface area contributed by atoms with Gasteiger partial charge in [0.25, 0.3) is 0 Å². The lowest BCUT2D eigenvalue weighted by Gasteiger charge is -2.47. The van der Waals surface area contributed by atoms with Crippen LogP contribution < -0.4 is 5.32 Å². The molecule has 242 valence electrons. The Balaban J connectivity index is 1.33. The van der Waals surface area contributed by atoms with Gasteiger partial charge in [-0.3, -0.25) is 4.99 Å². The second-order valence-electron chi connectivity index (χ2n) is 14.8. The third kappa shape index (κ3) is 7.52. The summed E-state index contributed by atoms with van der Waals surface area (Å²) in [6.45, 7) is 11.3. The Morgan fingerprint density at radius 1 is 1.00 bits per heavy atom. The molecule has 45 heavy (non-hydrogen) atoms. The van der Waals surface area contributed by atoms with Crippen LogP contribution >= 0.6 is 0 Å². The maximum absolute atomic E-state index is 16.5. The van der Waals surface area contributed by atoms with E-state index in [1.54, 1.807) is 0 Å². The first-order chi connectivity index (χ1) is 21.7. The Morgan fingerprint density at radius 3 is 2.29 bits per heavy atom. The van der Waals surface area contributed by atoms with Gasteiger partial charge in [0.2, 0.25) is 0 Å². The quantitative estimate of drug-likeness (QED) is 0.355. The maximum Gasteiger partial charge on any atom is 0.320 e. The Morgan fingerprint density at radius 2 is 1.67 bits per heavy atom. The Bertz CT molecular complexity index is 1330. The van der Waals surface area contributed by atoms with E-state index in [2.05, 4.69) is 73.5 Å². The number of halogens is 1. The van der Waals surface area contributed by atoms with E-state index in [1.807, 2.05) is 34.1 Å². The lowest BCUT2D eigenvalue weighted by molar-refractivity contribution is 0.0517. The Labute approximate surface area is 269 Å². The second-order valence-corrected chi connectivity index (χ2v) is 14.8. The van der Waals surface area contributed by atoms with Crippen molar-refractivity contribution < 1.29 is 9.18 Å². The number of aliphatic imine (C=N–C) groups is 1. The summed E-state index contributed by atoms with van der Waals surface area (Å²) in [4.78, 5) is 26.6. The van der Waals surface area contributed by atoms with E-state index in [0.29, 0.717) is 19.0 Å². The molecule has 0 radical (unpaired) electrons. The van der Waals surface area contributed by atoms with Crippen molar-refractivity contribution in [2.75, 3.05) is 45.8 Å². The predicted molar refractivity (Wildman–Crippen MR) is 182 cm³/mol. The summed E-state index contributed by atoms with van der Waals surface area (Å²) in [6, 6.07) is 21.0. The zero-order valence-electron chi connectivity index (χ0n) is 27.6. The van der Waals surface area contributed by atoms with Gasteiger partial charge in [-0.15, -0.1) is 0 Å². The van der Waals surface area contributed by atoms with Gasteiger partial charge in [-0.25, -0.2) is 9.18 Å². The van der Waals surface area contributed by atoms with Crippen LogP contribution in [-0.4, -0.2) is 90.0 Å². The second kappa shape index (κ2) is 13.8. The SMILES string of the molecule is CC(C)(C)[C@H](C1=NC(c2ccccc2)=CC1Cc1ccccc1)N(C[C@@]1(F)CCNC1)C(=O)N1CCC(N2CCCCC2)CC1. The van der Waals surface area contributed by atoms with Crippen molar-refractivity contribution in [2.45, 2.75) is 83.5 Å². The van der Waals surface area contributed by atoms with Crippen molar-refractivity contribution in [1.82, 2.24) is 20.0 Å². The number of carbonyl (C=O) groups is 1. The van der Waals surface area contributed by atoms with Gasteiger partial charge in [0, 0.05) is 37.3 Å². The van der Waals surface area contributed by atoms with Crippen LogP contribution in [0.5, 0.6) is 0 Å². The summed E-state index contributed by atoms with van der Waals surface area (Å²) in [6.07, 6.45) is 9.32. The highest BCUT2D eigenvalue weighted by atomic mass is 19.1. The van der Waals surface area contributed by atoms with Crippen molar-refractivity contribution in [3.05, 3.63) is 77.9 Å². The fraction of sp³-hybridized carbons (Fsp3) is 0.579. The summed E-state index contributed by atoms with van der Waals surface area (Å²) in [5.41, 5.74) is 2.38. The molecular weight excluding hydrogens is 561 g/mol. The van der Waals surface area contributed by atoms with Crippen molar-refractivity contribution in [2.24, 2.45) is 16.3 Å². The zero-order valence-corrected chi connectivity index (χ0v) is 27.6. The summed E-state index contributed by atoms with van der Waals surface area (Å²) >= 11 is 0. The van der Waals surface area contributed by atoms with Crippen LogP contribution in [0.3, 0.4) is 0 Å². The molecule has 0 bridgehead atoms. The molecule has 0 aromatic heterocycles. The molecule has 3 atom stereocenters. The minimum absolute atomic E-state index is 0.00392. The topological polar surface area (TPSA) is 51.2 Å². The van der Waals surface area contributed by atoms with Gasteiger partial charge >= 0.3 is 6.03 Å². The highest BCUT2D eigenvalue weighted by Crippen LogP contribution is 2.38. The number of hydrogen-bond donors (Lipinski definition) is 1. The van der Waals surface area contributed by atoms with E-state index in [9.17, 15) is 4.79 Å². The van der Waals surface area contributed by atoms with Gasteiger partial charge in [-0.2, -0.15) is 0 Å². The number of benzene rings is 2. The smallest absolute Gasteiger partial charge is 0.320 e. The molecule has 6 nitrogen and oxygen atoms in total. The molecule has 3 fully saturated rings. The van der Waals surface area contributed by atoms with Crippen LogP contribution in [0.25, 0.3) is 5.70 Å². The molecular formula is C38H52FN5O. The molecule has 2 amide bonds. The number of amides is 2. The number of carbonyl (C=O) groups excluding carboxylic acids is 1. The van der Waals surface area contributed by atoms with Crippen LogP contribution in [0.2, 0.25) is 0 Å². The third-order valence-electron chi connectivity index (χ3n) is 10.3. The van der Waals surface area contributed by atoms with Gasteiger partial charge in [0.1, 0.15) is 5.67 Å². The fourth-order valence-electron chi connectivity index (χ4n) is 7.98. The molecule has 0 saturated carbocycles. The van der Waals surface area contributed by atoms with Crippen LogP contribution in [0, 0.1) is 11.3 Å². The van der Waals surface area contributed by atoms with E-state index in [4.69, 9.17) is 4.99 Å². The summed E-state index contributed by atoms with van der Waals surface area (Å²) in [5, 5.41) is 3.22. The maximum atomic E-state index is 16.5. The van der Waals surface area contributed by atoms with E-state index in [0.717, 1.165) is 49.3 Å². The standard InChI is InChI=1S/C38H52FN5O/c1-37(2,3)35(34-31(25-29-13-7-4-8-14-29)26-33(41-34)30-15-9-5-10-16-30)44(28-38(39)19-20-40-27-38)36(45)43-23-17-32(18-24-43)42-21-11-6-12-22-42/h4-5,7-10,13-16,26,31-32,35,40H,6,11-12,17-25,27-28H2,1-3H3/t31?,35-,38+/m0/s1. The van der Waals surface area contributed by atoms with Gasteiger partial charge < -0.3 is 20.0 Å². The molecule has 1 N–H and O–H groups in total. The van der Waals surface area contributed by atoms with Crippen LogP contribution in [0.15, 0.2) is 71.7 Å². The highest BCUT2D eigenvalue weighted by Gasteiger charge is 2.47. The van der Waals surface area contributed by atoms with Crippen LogP contribution in [0.1, 0.15) is 70.4 Å². The minimum atomic E-state index is -1.46. The van der Waals surface area contributed by atoms with Crippen molar-refractivity contribution >= 4 is 17.4 Å². The average Bonchev–Trinajstić information content (AvgIpc) is 3.67. The van der Waals surface area contributed by atoms with Crippen LogP contribution in [-0.2, 0) is 6.42 Å². The van der Waals surface area contributed by atoms with E-state index >= 15 is 4.39 Å². The number of likely N-dealkylation sites (tertiary alicyclic amines) is 2. The summed E-state index contributed by atoms with van der Waals surface area (Å²) in [7, 11) is 0. The molecule has 1 unspecified atom stereocenters. The normalized spacial score (nSPS) is 25.6. The lowest BCUT2D eigenvalue weighted by Crippen LogP contribution is -2.61. The minimum Gasteiger partial charge on any atom is -0.325 e. The number of piperidine rings is 2. The molecule has 2 aromatic carbocycles. The van der Waals surface area contributed by atoms with Gasteiger partial charge in [0.05, 0.1) is 18.3 Å². The molecule has 6 rings (SSSR count). The number of hydrogen-bond acceptors (Lipinski definition) is 4. The monoisotopic (exact) mass is 613 g/mol. The third-order valence-corrected chi connectivity index (χ3v) is 10.3. The van der Waals surface area contributed by atoms with Gasteiger partial charge in [-0.05, 0) is 80.8 Å². The molecule has 4 aliphatic heterocycles. The number of urea groups is 1. The molecule has 2 aromatic rings. The van der Waals surface area contributed by atoms with Crippen molar-refractivity contribution in [3.63, 3.8) is 0 Å². The van der Waals surface area contributed by atoms with Gasteiger partial charge in [-0.1, -0.05) is 87.9 Å². The number of rotatable bonds is 8. The number of allylic oxidation sites excluding steroid dienone is 1. The molecule has 3 saturated heterocycles. The Kier molecular flexibility index (Phi) is 9.76. The molecule has 4 aliphatic rings. The summed E-state index contributed by atoms with van der Waals surface area (Å²) in [5.74, 6) is 0.00392. The first-order valence-electron chi connectivity index (χ1n) is 17.3. The first kappa shape index (κ1) is 31.9. The predicted octanol–water partition coefficient (Wildman–Crippen LogP) is 6.83. The van der Waals surface area contributed by atoms with Gasteiger partial charge in [0.15, 0.2) is 0 Å². The molecule has 0 spiro atoms. The number of nitrogens with one attached hydrogen (secondary N) is 1. The molecule has 0 aliphatic carbocycles. The zero-order chi connectivity index (χ0) is 31.4. The number of alkyl halides is 1. The molecule has 7 heteroatoms. The fourth-order valence-corrected chi connectivity index (χ4v) is 7.98. The van der Waals surface area contributed by atoms with Crippen molar-refractivity contribution in [1.29, 1.82) is 0 Å². The van der Waals surface area contributed by atoms with E-state index < -0.39 is 5.67 Å². The average molecular weight is 614 g/mol. The van der Waals surface area contributed by atoms with E-state index in [1.165, 1.54) is 37.9 Å². The summed E-state index contributed by atoms with van der Waals surface area (Å²) < 4.78 is 16.5. The van der Waals surface area contributed by atoms with E-state index in [-0.39, 0.29) is 36.5 Å². The molecule has 4 heterocycles. The largest absolute Gasteiger partial charge is 0.325 e. The first-order valence-corrected chi connectivity index (χ1v) is 17.3. The number of nitrogens with zero attached hydrogens (tertiary/aromatic N) is 4. The highest BCUT2D eigenvalue weighted by molar-refractivity contribution is 6.03. The van der Waals surface area contributed by atoms with Crippen molar-refractivity contribution in [3.8, 4) is 0 Å². The lowest BCUT2D eigenvalue weighted by atomic mass is 9.77.